The molecule has 4 saturated heterocycles. The number of alkyl carbamates (subject to hydrolysis) is 2. The SMILES string of the molecule is CO[C@H](C)C(NC(=O)OC1COC1)C(=O)N1[C@H](c2nc3ccc(-c4cc5ccc4CCc4ccc(c(-c6ccc7nc([C@@H]8C[C@@H]9CCCC[C@@H]9N8C(=O)[C@@H](NC(=O)OC8COC8)[C@@H](C)OC)[nH]c7c6)c4)CC5)cc3[nH]2)C[C@@H]2CCCC[C@@H]21. The first-order valence-corrected chi connectivity index (χ1v) is 30.0. The molecule has 4 bridgehead atoms. The van der Waals surface area contributed by atoms with Gasteiger partial charge in [-0.2, -0.15) is 0 Å². The highest BCUT2D eigenvalue weighted by molar-refractivity contribution is 5.89. The van der Waals surface area contributed by atoms with E-state index < -0.39 is 36.5 Å². The number of aromatic amines is 2. The topological polar surface area (TPSA) is 212 Å². The van der Waals surface area contributed by atoms with Gasteiger partial charge < -0.3 is 58.8 Å². The molecule has 6 fully saturated rings. The molecule has 4 aliphatic heterocycles. The molecule has 10 aliphatic rings. The van der Waals surface area contributed by atoms with Gasteiger partial charge in [-0.3, -0.25) is 9.59 Å². The van der Waals surface area contributed by atoms with Gasteiger partial charge in [-0.25, -0.2) is 19.6 Å². The number of benzene rings is 4. The van der Waals surface area contributed by atoms with Crippen LogP contribution in [0.4, 0.5) is 9.59 Å². The molecule has 2 aromatic heterocycles. The molecule has 0 radical (unpaired) electrons. The third kappa shape index (κ3) is 10.6. The number of carbonyl (C=O) groups excluding carboxylic acids is 4. The Hall–Kier alpha value is -6.86. The van der Waals surface area contributed by atoms with Gasteiger partial charge >= 0.3 is 12.2 Å². The van der Waals surface area contributed by atoms with Crippen LogP contribution >= 0.6 is 0 Å². The van der Waals surface area contributed by atoms with Crippen molar-refractivity contribution in [3.8, 4) is 22.3 Å². The Morgan fingerprint density at radius 3 is 1.39 bits per heavy atom. The van der Waals surface area contributed by atoms with Crippen molar-refractivity contribution in [1.82, 2.24) is 40.4 Å². The van der Waals surface area contributed by atoms with E-state index in [0.29, 0.717) is 38.3 Å². The number of imidazole rings is 2. The monoisotopic (exact) mass is 1120 g/mol. The summed E-state index contributed by atoms with van der Waals surface area (Å²) in [5, 5.41) is 5.72. The maximum atomic E-state index is 14.8. The molecule has 6 heterocycles. The minimum absolute atomic E-state index is 0.0393. The van der Waals surface area contributed by atoms with Crippen LogP contribution in [0.5, 0.6) is 0 Å². The van der Waals surface area contributed by atoms with Crippen molar-refractivity contribution in [2.45, 2.75) is 164 Å². The Morgan fingerprint density at radius 1 is 0.561 bits per heavy atom. The highest BCUT2D eigenvalue weighted by Gasteiger charge is 2.51. The van der Waals surface area contributed by atoms with Crippen LogP contribution in [0.15, 0.2) is 72.8 Å². The third-order valence-corrected chi connectivity index (χ3v) is 19.2. The van der Waals surface area contributed by atoms with Gasteiger partial charge in [0.2, 0.25) is 11.8 Å². The van der Waals surface area contributed by atoms with Gasteiger partial charge in [-0.1, -0.05) is 74.2 Å². The fourth-order valence-electron chi connectivity index (χ4n) is 14.4. The molecule has 18 heteroatoms. The van der Waals surface area contributed by atoms with Crippen LogP contribution in [0.2, 0.25) is 0 Å². The summed E-state index contributed by atoms with van der Waals surface area (Å²) in [6.07, 6.45) is 10.1. The van der Waals surface area contributed by atoms with E-state index in [1.165, 1.54) is 33.4 Å². The lowest BCUT2D eigenvalue weighted by atomic mass is 9.84. The van der Waals surface area contributed by atoms with Gasteiger partial charge in [0, 0.05) is 26.3 Å². The molecule has 82 heavy (non-hydrogen) atoms. The maximum absolute atomic E-state index is 14.8. The first-order valence-electron chi connectivity index (χ1n) is 30.0. The number of fused-ring (bicyclic) bond motifs is 4. The Balaban J connectivity index is 0.742. The molecule has 1 unspecified atom stereocenters. The van der Waals surface area contributed by atoms with E-state index in [4.69, 9.17) is 38.4 Å². The molecule has 16 rings (SSSR count). The fraction of sp³-hybridized carbons (Fsp3) is 0.531. The molecule has 432 valence electrons. The smallest absolute Gasteiger partial charge is 0.408 e. The van der Waals surface area contributed by atoms with Gasteiger partial charge in [0.15, 0.2) is 12.2 Å². The number of aryl methyl sites for hydroxylation is 4. The average Bonchev–Trinajstić information content (AvgIpc) is 4.29. The first-order chi connectivity index (χ1) is 40.0. The van der Waals surface area contributed by atoms with Crippen LogP contribution in [0.3, 0.4) is 0 Å². The molecule has 18 nitrogen and oxygen atoms in total. The third-order valence-electron chi connectivity index (χ3n) is 19.2. The zero-order valence-corrected chi connectivity index (χ0v) is 47.5. The fourth-order valence-corrected chi connectivity index (χ4v) is 14.4. The number of aromatic nitrogens is 4. The Morgan fingerprint density at radius 2 is 0.988 bits per heavy atom. The van der Waals surface area contributed by atoms with E-state index in [1.54, 1.807) is 28.1 Å². The molecule has 6 aliphatic carbocycles. The van der Waals surface area contributed by atoms with Crippen molar-refractivity contribution in [3.63, 3.8) is 0 Å². The minimum Gasteiger partial charge on any atom is -0.441 e. The molecule has 4 N–H and O–H groups in total. The molecular weight excluding hydrogens is 1040 g/mol. The Bertz CT molecular complexity index is 3150. The van der Waals surface area contributed by atoms with Crippen molar-refractivity contribution >= 4 is 46.1 Å². The van der Waals surface area contributed by atoms with E-state index in [2.05, 4.69) is 93.4 Å². The molecule has 4 amide bonds. The zero-order chi connectivity index (χ0) is 56.2. The first kappa shape index (κ1) is 54.4. The molecule has 10 atom stereocenters. The second-order valence-electron chi connectivity index (χ2n) is 24.2. The van der Waals surface area contributed by atoms with Crippen molar-refractivity contribution in [1.29, 1.82) is 0 Å². The molecule has 6 aromatic rings. The second kappa shape index (κ2) is 23.1. The molecule has 2 saturated carbocycles. The summed E-state index contributed by atoms with van der Waals surface area (Å²) < 4.78 is 32.9. The van der Waals surface area contributed by atoms with Gasteiger partial charge in [-0.15, -0.1) is 0 Å². The number of rotatable bonds is 14. The Labute approximate surface area is 478 Å². The van der Waals surface area contributed by atoms with Crippen LogP contribution in [-0.2, 0) is 63.7 Å². The number of nitrogens with zero attached hydrogens (tertiary/aromatic N) is 4. The summed E-state index contributed by atoms with van der Waals surface area (Å²) in [6.45, 7) is 5.01. The number of ether oxygens (including phenoxy) is 6. The van der Waals surface area contributed by atoms with Gasteiger partial charge in [0.1, 0.15) is 23.7 Å². The second-order valence-corrected chi connectivity index (χ2v) is 24.2. The predicted molar refractivity (Wildman–Crippen MR) is 307 cm³/mol. The predicted octanol–water partition coefficient (Wildman–Crippen LogP) is 9.38. The number of nitrogens with one attached hydrogen (secondary N) is 4. The number of amides is 4. The van der Waals surface area contributed by atoms with E-state index in [-0.39, 0.29) is 48.2 Å². The Kier molecular flexibility index (Phi) is 15.3. The molecular formula is C64H76N8O10. The van der Waals surface area contributed by atoms with Crippen LogP contribution in [0.25, 0.3) is 44.3 Å². The number of likely N-dealkylation sites (tertiary alicyclic amines) is 2. The van der Waals surface area contributed by atoms with Crippen molar-refractivity contribution in [2.75, 3.05) is 40.6 Å². The van der Waals surface area contributed by atoms with Gasteiger partial charge in [0.25, 0.3) is 0 Å². The summed E-state index contributed by atoms with van der Waals surface area (Å²) >= 11 is 0. The lowest BCUT2D eigenvalue weighted by Crippen LogP contribution is -2.57. The van der Waals surface area contributed by atoms with Crippen LogP contribution in [0, 0.1) is 11.8 Å². The standard InChI is InChI=1S/C64H76N8O10/c1-35(77-3)57(69-63(75)81-45-31-79-32-45)61(73)71-53-11-7-5-9-43(53)29-55(71)59-65-49-23-21-41(27-51(49)67-59)47-25-37-13-17-39(47)19-15-38-14-18-40(20-16-37)48(26-38)42-22-24-50-52(28-42)68-60(66-50)56-30-44-10-6-8-12-54(44)72(56)62(74)58(36(2)78-4)70-64(76)82-46-33-80-34-46/h13-14,17-18,21-28,35-36,43-46,53-58H,5-12,15-16,19-20,29-34H2,1-4H3,(H,65,67)(H,66,68)(H,69,75)(H,70,76)/t35-,36-,43+,44+,53+,54+,55+,56+,57+,58?/m1/s1. The van der Waals surface area contributed by atoms with Crippen LogP contribution in [-0.4, -0.2) is 143 Å². The highest BCUT2D eigenvalue weighted by Crippen LogP contribution is 2.48. The summed E-state index contributed by atoms with van der Waals surface area (Å²) in [6, 6.07) is 24.5. The normalized spacial score (nSPS) is 25.0. The number of carbonyl (C=O) groups is 4. The van der Waals surface area contributed by atoms with E-state index in [0.717, 1.165) is 135 Å². The number of hydrogen-bond acceptors (Lipinski definition) is 12. The van der Waals surface area contributed by atoms with Crippen LogP contribution in [0.1, 0.15) is 124 Å². The number of hydrogen-bond donors (Lipinski definition) is 4. The lowest BCUT2D eigenvalue weighted by molar-refractivity contribution is -0.142. The quantitative estimate of drug-likeness (QED) is 0.0804. The highest BCUT2D eigenvalue weighted by atomic mass is 16.6. The van der Waals surface area contributed by atoms with E-state index >= 15 is 0 Å². The van der Waals surface area contributed by atoms with Gasteiger partial charge in [0.05, 0.1) is 72.8 Å². The summed E-state index contributed by atoms with van der Waals surface area (Å²) in [4.78, 5) is 77.6. The number of methoxy groups -OCH3 is 2. The average molecular weight is 1120 g/mol. The summed E-state index contributed by atoms with van der Waals surface area (Å²) in [5.41, 5.74) is 13.2. The van der Waals surface area contributed by atoms with Crippen LogP contribution < -0.4 is 10.6 Å². The largest absolute Gasteiger partial charge is 0.441 e. The molecule has 0 spiro atoms. The van der Waals surface area contributed by atoms with Crippen molar-refractivity contribution in [2.24, 2.45) is 11.8 Å². The maximum Gasteiger partial charge on any atom is 0.408 e. The minimum atomic E-state index is -0.934. The molecule has 4 aromatic carbocycles. The summed E-state index contributed by atoms with van der Waals surface area (Å²) in [5.74, 6) is 1.83. The van der Waals surface area contributed by atoms with E-state index in [9.17, 15) is 19.2 Å². The van der Waals surface area contributed by atoms with Crippen molar-refractivity contribution in [3.05, 3.63) is 107 Å². The lowest BCUT2D eigenvalue weighted by Gasteiger charge is -2.37. The van der Waals surface area contributed by atoms with Gasteiger partial charge in [-0.05, 0) is 159 Å². The zero-order valence-electron chi connectivity index (χ0n) is 47.5. The van der Waals surface area contributed by atoms with Crippen molar-refractivity contribution < 1.29 is 47.6 Å². The number of H-pyrrole nitrogens is 2. The summed E-state index contributed by atoms with van der Waals surface area (Å²) in [7, 11) is 3.11. The van der Waals surface area contributed by atoms with E-state index in [1.807, 2.05) is 9.80 Å².